The Morgan fingerprint density at radius 3 is 2.62 bits per heavy atom. The maximum absolute atomic E-state index is 11.8. The third kappa shape index (κ3) is 3.87. The second-order valence-corrected chi connectivity index (χ2v) is 4.66. The van der Waals surface area contributed by atoms with Crippen LogP contribution in [0.2, 0.25) is 0 Å². The summed E-state index contributed by atoms with van der Waals surface area (Å²) in [6.45, 7) is 1.98. The van der Waals surface area contributed by atoms with Crippen LogP contribution in [0.1, 0.15) is 18.5 Å². The predicted octanol–water partition coefficient (Wildman–Crippen LogP) is 1.55. The molecule has 0 aliphatic rings. The SMILES string of the molecule is CSCC(C)NC(=O)[C@@H](N)c1ccccc1. The van der Waals surface area contributed by atoms with Gasteiger partial charge in [-0.15, -0.1) is 0 Å². The molecule has 0 heterocycles. The summed E-state index contributed by atoms with van der Waals surface area (Å²) in [6.07, 6.45) is 2.01. The Hall–Kier alpha value is -1.00. The molecule has 0 saturated carbocycles. The van der Waals surface area contributed by atoms with E-state index in [2.05, 4.69) is 5.32 Å². The first kappa shape index (κ1) is 13.1. The number of amides is 1. The molecule has 0 bridgehead atoms. The minimum atomic E-state index is -0.578. The Kier molecular flexibility index (Phi) is 5.35. The van der Waals surface area contributed by atoms with Gasteiger partial charge in [0.05, 0.1) is 0 Å². The van der Waals surface area contributed by atoms with E-state index in [4.69, 9.17) is 5.73 Å². The molecule has 3 nitrogen and oxygen atoms in total. The first-order valence-corrected chi connectivity index (χ1v) is 6.64. The maximum atomic E-state index is 11.8. The zero-order valence-corrected chi connectivity index (χ0v) is 10.5. The fourth-order valence-electron chi connectivity index (χ4n) is 1.44. The number of carbonyl (C=O) groups excluding carboxylic acids is 1. The zero-order chi connectivity index (χ0) is 12.0. The van der Waals surface area contributed by atoms with Gasteiger partial charge in [-0.05, 0) is 18.7 Å². The average molecular weight is 238 g/mol. The lowest BCUT2D eigenvalue weighted by atomic mass is 10.1. The summed E-state index contributed by atoms with van der Waals surface area (Å²) in [7, 11) is 0. The number of carbonyl (C=O) groups is 1. The molecule has 0 spiro atoms. The van der Waals surface area contributed by atoms with Crippen LogP contribution >= 0.6 is 11.8 Å². The van der Waals surface area contributed by atoms with Crippen LogP contribution in [0.5, 0.6) is 0 Å². The lowest BCUT2D eigenvalue weighted by Gasteiger charge is -2.16. The third-order valence-electron chi connectivity index (χ3n) is 2.25. The molecule has 3 N–H and O–H groups in total. The molecule has 0 aromatic heterocycles. The van der Waals surface area contributed by atoms with Crippen LogP contribution in [0.15, 0.2) is 30.3 Å². The molecule has 1 aromatic rings. The molecule has 1 aromatic carbocycles. The van der Waals surface area contributed by atoms with Gasteiger partial charge in [0.2, 0.25) is 5.91 Å². The lowest BCUT2D eigenvalue weighted by molar-refractivity contribution is -0.122. The molecule has 1 amide bonds. The van der Waals surface area contributed by atoms with Crippen LogP contribution in [0.4, 0.5) is 0 Å². The number of rotatable bonds is 5. The summed E-state index contributed by atoms with van der Waals surface area (Å²) >= 11 is 1.70. The molecule has 0 saturated heterocycles. The monoisotopic (exact) mass is 238 g/mol. The Labute approximate surface area is 101 Å². The highest BCUT2D eigenvalue weighted by Gasteiger charge is 2.16. The molecule has 0 aliphatic carbocycles. The van der Waals surface area contributed by atoms with Gasteiger partial charge in [0.1, 0.15) is 6.04 Å². The predicted molar refractivity (Wildman–Crippen MR) is 69.4 cm³/mol. The van der Waals surface area contributed by atoms with Crippen LogP contribution in [0.3, 0.4) is 0 Å². The van der Waals surface area contributed by atoms with E-state index in [1.165, 1.54) is 0 Å². The number of hydrogen-bond acceptors (Lipinski definition) is 3. The summed E-state index contributed by atoms with van der Waals surface area (Å²) in [6, 6.07) is 8.97. The largest absolute Gasteiger partial charge is 0.351 e. The fourth-order valence-corrected chi connectivity index (χ4v) is 2.02. The van der Waals surface area contributed by atoms with E-state index in [1.54, 1.807) is 11.8 Å². The lowest BCUT2D eigenvalue weighted by Crippen LogP contribution is -2.40. The van der Waals surface area contributed by atoms with Gasteiger partial charge in [-0.25, -0.2) is 0 Å². The van der Waals surface area contributed by atoms with Crippen LogP contribution < -0.4 is 11.1 Å². The van der Waals surface area contributed by atoms with Gasteiger partial charge in [-0.3, -0.25) is 4.79 Å². The van der Waals surface area contributed by atoms with E-state index in [9.17, 15) is 4.79 Å². The zero-order valence-electron chi connectivity index (χ0n) is 9.64. The summed E-state index contributed by atoms with van der Waals surface area (Å²) in [5.41, 5.74) is 6.71. The standard InChI is InChI=1S/C12H18N2OS/c1-9(8-16-2)14-12(15)11(13)10-6-4-3-5-7-10/h3-7,9,11H,8,13H2,1-2H3,(H,14,15)/t9?,11-/m0/s1. The molecule has 1 unspecified atom stereocenters. The molecule has 1 rings (SSSR count). The van der Waals surface area contributed by atoms with Crippen LogP contribution in [0, 0.1) is 0 Å². The molecule has 0 aliphatic heterocycles. The van der Waals surface area contributed by atoms with Gasteiger partial charge in [-0.2, -0.15) is 11.8 Å². The topological polar surface area (TPSA) is 55.1 Å². The van der Waals surface area contributed by atoms with Crippen molar-refractivity contribution in [1.29, 1.82) is 0 Å². The maximum Gasteiger partial charge on any atom is 0.241 e. The van der Waals surface area contributed by atoms with E-state index >= 15 is 0 Å². The van der Waals surface area contributed by atoms with Gasteiger partial charge >= 0.3 is 0 Å². The van der Waals surface area contributed by atoms with Crippen LogP contribution in [0.25, 0.3) is 0 Å². The number of nitrogens with two attached hydrogens (primary N) is 1. The molecular weight excluding hydrogens is 220 g/mol. The van der Waals surface area contributed by atoms with Crippen molar-refractivity contribution >= 4 is 17.7 Å². The minimum Gasteiger partial charge on any atom is -0.351 e. The second kappa shape index (κ2) is 6.55. The number of benzene rings is 1. The van der Waals surface area contributed by atoms with Gasteiger partial charge in [0, 0.05) is 11.8 Å². The van der Waals surface area contributed by atoms with Crippen molar-refractivity contribution in [2.24, 2.45) is 5.73 Å². The Balaban J connectivity index is 2.55. The normalized spacial score (nSPS) is 14.2. The second-order valence-electron chi connectivity index (χ2n) is 3.75. The Morgan fingerprint density at radius 1 is 1.44 bits per heavy atom. The quantitative estimate of drug-likeness (QED) is 0.818. The van der Waals surface area contributed by atoms with Crippen molar-refractivity contribution < 1.29 is 4.79 Å². The molecule has 0 fully saturated rings. The summed E-state index contributed by atoms with van der Waals surface area (Å²) in [5.74, 6) is 0.778. The van der Waals surface area contributed by atoms with Crippen molar-refractivity contribution in [2.75, 3.05) is 12.0 Å². The van der Waals surface area contributed by atoms with Crippen molar-refractivity contribution in [3.05, 3.63) is 35.9 Å². The van der Waals surface area contributed by atoms with Crippen molar-refractivity contribution in [3.63, 3.8) is 0 Å². The number of hydrogen-bond donors (Lipinski definition) is 2. The smallest absolute Gasteiger partial charge is 0.241 e. The fraction of sp³-hybridized carbons (Fsp3) is 0.417. The van der Waals surface area contributed by atoms with E-state index in [0.29, 0.717) is 0 Å². The number of thioether (sulfide) groups is 1. The average Bonchev–Trinajstić information content (AvgIpc) is 2.29. The highest BCUT2D eigenvalue weighted by molar-refractivity contribution is 7.98. The summed E-state index contributed by atoms with van der Waals surface area (Å²) in [5, 5.41) is 2.89. The highest BCUT2D eigenvalue weighted by atomic mass is 32.2. The van der Waals surface area contributed by atoms with E-state index < -0.39 is 6.04 Å². The first-order valence-electron chi connectivity index (χ1n) is 5.25. The van der Waals surface area contributed by atoms with Gasteiger partial charge in [-0.1, -0.05) is 30.3 Å². The molecule has 16 heavy (non-hydrogen) atoms. The summed E-state index contributed by atoms with van der Waals surface area (Å²) in [4.78, 5) is 11.8. The first-order chi connectivity index (χ1) is 7.65. The van der Waals surface area contributed by atoms with Crippen LogP contribution in [-0.4, -0.2) is 24.0 Å². The molecule has 4 heteroatoms. The minimum absolute atomic E-state index is 0.118. The third-order valence-corrected chi connectivity index (χ3v) is 3.08. The van der Waals surface area contributed by atoms with Gasteiger partial charge in [0.25, 0.3) is 0 Å². The molecular formula is C12H18N2OS. The van der Waals surface area contributed by atoms with Crippen molar-refractivity contribution in [2.45, 2.75) is 19.0 Å². The van der Waals surface area contributed by atoms with E-state index in [1.807, 2.05) is 43.5 Å². The number of nitrogens with one attached hydrogen (secondary N) is 1. The van der Waals surface area contributed by atoms with Crippen molar-refractivity contribution in [3.8, 4) is 0 Å². The molecule has 2 atom stereocenters. The Morgan fingerprint density at radius 2 is 2.06 bits per heavy atom. The molecule has 88 valence electrons. The van der Waals surface area contributed by atoms with E-state index in [-0.39, 0.29) is 11.9 Å². The van der Waals surface area contributed by atoms with E-state index in [0.717, 1.165) is 11.3 Å². The Bertz CT molecular complexity index is 329. The van der Waals surface area contributed by atoms with Gasteiger partial charge < -0.3 is 11.1 Å². The van der Waals surface area contributed by atoms with Crippen molar-refractivity contribution in [1.82, 2.24) is 5.32 Å². The van der Waals surface area contributed by atoms with Crippen LogP contribution in [-0.2, 0) is 4.79 Å². The van der Waals surface area contributed by atoms with Gasteiger partial charge in [0.15, 0.2) is 0 Å². The molecule has 0 radical (unpaired) electrons. The summed E-state index contributed by atoms with van der Waals surface area (Å²) < 4.78 is 0. The highest BCUT2D eigenvalue weighted by Crippen LogP contribution is 2.09.